The van der Waals surface area contributed by atoms with E-state index in [2.05, 4.69) is 32.0 Å². The van der Waals surface area contributed by atoms with Gasteiger partial charge >= 0.3 is 0 Å². The first-order valence-corrected chi connectivity index (χ1v) is 7.76. The zero-order valence-electron chi connectivity index (χ0n) is 12.4. The summed E-state index contributed by atoms with van der Waals surface area (Å²) in [5.41, 5.74) is 17.0. The molecule has 1 aromatic rings. The zero-order valence-corrected chi connectivity index (χ0v) is 12.4. The third-order valence-electron chi connectivity index (χ3n) is 4.78. The van der Waals surface area contributed by atoms with E-state index in [4.69, 9.17) is 11.5 Å². The molecule has 2 heteroatoms. The van der Waals surface area contributed by atoms with Gasteiger partial charge in [0, 0.05) is 18.0 Å². The Morgan fingerprint density at radius 1 is 1.21 bits per heavy atom. The van der Waals surface area contributed by atoms with Crippen LogP contribution < -0.4 is 11.5 Å². The van der Waals surface area contributed by atoms with E-state index in [-0.39, 0.29) is 11.5 Å². The minimum Gasteiger partial charge on any atom is -0.327 e. The van der Waals surface area contributed by atoms with Crippen molar-refractivity contribution in [1.82, 2.24) is 0 Å². The molecule has 0 aromatic heterocycles. The molecular weight excluding hydrogens is 232 g/mol. The van der Waals surface area contributed by atoms with Crippen molar-refractivity contribution in [2.75, 3.05) is 0 Å². The average molecular weight is 260 g/mol. The molecule has 2 rings (SSSR count). The first kappa shape index (κ1) is 14.5. The fourth-order valence-corrected chi connectivity index (χ4v) is 4.08. The van der Waals surface area contributed by atoms with Crippen LogP contribution in [0.3, 0.4) is 0 Å². The molecule has 1 aromatic carbocycles. The summed E-state index contributed by atoms with van der Waals surface area (Å²) in [6.45, 7) is 5.16. The molecule has 0 saturated carbocycles. The molecule has 1 aliphatic carbocycles. The zero-order chi connectivity index (χ0) is 13.9. The Morgan fingerprint density at radius 2 is 1.89 bits per heavy atom. The van der Waals surface area contributed by atoms with Crippen molar-refractivity contribution in [2.24, 2.45) is 11.5 Å². The number of aryl methyl sites for hydroxylation is 1. The van der Waals surface area contributed by atoms with E-state index in [9.17, 15) is 0 Å². The monoisotopic (exact) mass is 260 g/mol. The predicted molar refractivity (Wildman–Crippen MR) is 82.1 cm³/mol. The molecule has 0 bridgehead atoms. The van der Waals surface area contributed by atoms with Gasteiger partial charge in [0.15, 0.2) is 0 Å². The summed E-state index contributed by atoms with van der Waals surface area (Å²) in [4.78, 5) is 0. The summed E-state index contributed by atoms with van der Waals surface area (Å²) in [6, 6.07) is 6.91. The highest BCUT2D eigenvalue weighted by molar-refractivity contribution is 5.45. The number of benzene rings is 1. The number of hydrogen-bond donors (Lipinski definition) is 2. The van der Waals surface area contributed by atoms with Crippen LogP contribution in [-0.4, -0.2) is 6.04 Å². The van der Waals surface area contributed by atoms with Gasteiger partial charge in [0.25, 0.3) is 0 Å². The van der Waals surface area contributed by atoms with Gasteiger partial charge in [-0.2, -0.15) is 0 Å². The summed E-state index contributed by atoms with van der Waals surface area (Å²) in [6.07, 6.45) is 6.97. The third-order valence-corrected chi connectivity index (χ3v) is 4.78. The fourth-order valence-electron chi connectivity index (χ4n) is 4.08. The Balaban J connectivity index is 2.59. The lowest BCUT2D eigenvalue weighted by Crippen LogP contribution is -2.49. The second-order valence-corrected chi connectivity index (χ2v) is 5.96. The smallest absolute Gasteiger partial charge is 0.0181 e. The Morgan fingerprint density at radius 3 is 2.47 bits per heavy atom. The second-order valence-electron chi connectivity index (χ2n) is 5.96. The number of fused-ring (bicyclic) bond motifs is 1. The molecule has 4 N–H and O–H groups in total. The summed E-state index contributed by atoms with van der Waals surface area (Å²) in [5, 5.41) is 0. The van der Waals surface area contributed by atoms with E-state index < -0.39 is 0 Å². The van der Waals surface area contributed by atoms with Crippen molar-refractivity contribution in [2.45, 2.75) is 70.4 Å². The minimum absolute atomic E-state index is 0.160. The molecule has 0 heterocycles. The maximum atomic E-state index is 6.58. The summed E-state index contributed by atoms with van der Waals surface area (Å²) in [5.74, 6) is 0. The molecule has 1 unspecified atom stereocenters. The first-order chi connectivity index (χ1) is 9.19. The quantitative estimate of drug-likeness (QED) is 0.854. The predicted octanol–water partition coefficient (Wildman–Crippen LogP) is 3.26. The van der Waals surface area contributed by atoms with Crippen molar-refractivity contribution < 1.29 is 0 Å². The van der Waals surface area contributed by atoms with Crippen LogP contribution in [0.15, 0.2) is 18.2 Å². The van der Waals surface area contributed by atoms with Crippen LogP contribution in [-0.2, 0) is 18.4 Å². The van der Waals surface area contributed by atoms with Crippen LogP contribution in [0.25, 0.3) is 0 Å². The Labute approximate surface area is 117 Å². The fraction of sp³-hybridized carbons (Fsp3) is 0.647. The molecular formula is C17H28N2. The lowest BCUT2D eigenvalue weighted by Gasteiger charge is -2.45. The van der Waals surface area contributed by atoms with Gasteiger partial charge in [-0.1, -0.05) is 44.9 Å². The Bertz CT molecular complexity index is 405. The SMILES string of the molecule is CCCC1(CCC)c2c(CN)cccc2CCC1N. The number of nitrogens with two attached hydrogens (primary N) is 2. The molecule has 0 radical (unpaired) electrons. The van der Waals surface area contributed by atoms with Crippen molar-refractivity contribution in [3.05, 3.63) is 34.9 Å². The molecule has 0 aliphatic heterocycles. The number of hydrogen-bond acceptors (Lipinski definition) is 2. The van der Waals surface area contributed by atoms with E-state index in [0.29, 0.717) is 6.54 Å². The van der Waals surface area contributed by atoms with Gasteiger partial charge in [0.1, 0.15) is 0 Å². The van der Waals surface area contributed by atoms with Crippen molar-refractivity contribution >= 4 is 0 Å². The van der Waals surface area contributed by atoms with Crippen LogP contribution >= 0.6 is 0 Å². The molecule has 1 aliphatic rings. The molecule has 0 saturated heterocycles. The van der Waals surface area contributed by atoms with Gasteiger partial charge < -0.3 is 11.5 Å². The van der Waals surface area contributed by atoms with Gasteiger partial charge in [0.2, 0.25) is 0 Å². The Hall–Kier alpha value is -0.860. The summed E-state index contributed by atoms with van der Waals surface area (Å²) in [7, 11) is 0. The average Bonchev–Trinajstić information content (AvgIpc) is 2.43. The first-order valence-electron chi connectivity index (χ1n) is 7.76. The topological polar surface area (TPSA) is 52.0 Å². The number of rotatable bonds is 5. The maximum absolute atomic E-state index is 6.58. The molecule has 1 atom stereocenters. The third kappa shape index (κ3) is 2.44. The van der Waals surface area contributed by atoms with Crippen LogP contribution in [0.4, 0.5) is 0 Å². The van der Waals surface area contributed by atoms with Crippen LogP contribution in [0.2, 0.25) is 0 Å². The molecule has 0 spiro atoms. The molecule has 19 heavy (non-hydrogen) atoms. The van der Waals surface area contributed by atoms with Crippen molar-refractivity contribution in [3.8, 4) is 0 Å². The normalized spacial score (nSPS) is 21.2. The van der Waals surface area contributed by atoms with Crippen molar-refractivity contribution in [3.63, 3.8) is 0 Å². The standard InChI is InChI=1S/C17H28N2/c1-3-10-17(11-4-2)15(19)9-8-13-6-5-7-14(12-18)16(13)17/h5-7,15H,3-4,8-12,18-19H2,1-2H3. The maximum Gasteiger partial charge on any atom is 0.0181 e. The van der Waals surface area contributed by atoms with E-state index in [1.54, 1.807) is 0 Å². The lowest BCUT2D eigenvalue weighted by atomic mass is 9.61. The van der Waals surface area contributed by atoms with Crippen LogP contribution in [0.5, 0.6) is 0 Å². The summed E-state index contributed by atoms with van der Waals surface area (Å²) < 4.78 is 0. The van der Waals surface area contributed by atoms with E-state index in [0.717, 1.165) is 12.8 Å². The van der Waals surface area contributed by atoms with E-state index >= 15 is 0 Å². The molecule has 106 valence electrons. The summed E-state index contributed by atoms with van der Waals surface area (Å²) >= 11 is 0. The van der Waals surface area contributed by atoms with Gasteiger partial charge in [-0.3, -0.25) is 0 Å². The van der Waals surface area contributed by atoms with Gasteiger partial charge in [-0.25, -0.2) is 0 Å². The van der Waals surface area contributed by atoms with Gasteiger partial charge in [0.05, 0.1) is 0 Å². The van der Waals surface area contributed by atoms with E-state index in [1.807, 2.05) is 0 Å². The van der Waals surface area contributed by atoms with Gasteiger partial charge in [-0.05, 0) is 42.4 Å². The second kappa shape index (κ2) is 6.06. The van der Waals surface area contributed by atoms with Gasteiger partial charge in [-0.15, -0.1) is 0 Å². The lowest BCUT2D eigenvalue weighted by molar-refractivity contribution is 0.259. The molecule has 0 amide bonds. The Kier molecular flexibility index (Phi) is 4.64. The van der Waals surface area contributed by atoms with Crippen molar-refractivity contribution in [1.29, 1.82) is 0 Å². The highest BCUT2D eigenvalue weighted by atomic mass is 14.7. The molecule has 2 nitrogen and oxygen atoms in total. The van der Waals surface area contributed by atoms with E-state index in [1.165, 1.54) is 42.4 Å². The molecule has 0 fully saturated rings. The largest absolute Gasteiger partial charge is 0.327 e. The van der Waals surface area contributed by atoms with Crippen LogP contribution in [0.1, 0.15) is 62.6 Å². The minimum atomic E-state index is 0.160. The highest BCUT2D eigenvalue weighted by Gasteiger charge is 2.42. The van der Waals surface area contributed by atoms with Crippen LogP contribution in [0, 0.1) is 0 Å². The highest BCUT2D eigenvalue weighted by Crippen LogP contribution is 2.45.